The van der Waals surface area contributed by atoms with Gasteiger partial charge < -0.3 is 10.0 Å². The number of nitro groups is 1. The van der Waals surface area contributed by atoms with Crippen LogP contribution in [0.25, 0.3) is 0 Å². The third-order valence-electron chi connectivity index (χ3n) is 3.22. The fraction of sp³-hybridized carbons (Fsp3) is 0.417. The first-order valence-electron chi connectivity index (χ1n) is 6.11. The molecule has 0 aromatic heterocycles. The Bertz CT molecular complexity index is 529. The van der Waals surface area contributed by atoms with E-state index in [1.54, 1.807) is 9.80 Å². The van der Waals surface area contributed by atoms with Gasteiger partial charge >= 0.3 is 11.7 Å². The summed E-state index contributed by atoms with van der Waals surface area (Å²) in [5, 5.41) is 19.7. The third-order valence-corrected chi connectivity index (χ3v) is 3.22. The number of nitro benzene ring substituents is 1. The van der Waals surface area contributed by atoms with Crippen LogP contribution in [0.4, 0.5) is 15.8 Å². The number of para-hydroxylation sites is 1. The number of carboxylic acids is 1. The Labute approximate surface area is 114 Å². The normalized spacial score (nSPS) is 16.1. The van der Waals surface area contributed by atoms with E-state index in [1.807, 2.05) is 0 Å². The number of carbonyl (C=O) groups is 1. The lowest BCUT2D eigenvalue weighted by Crippen LogP contribution is -2.48. The average molecular weight is 283 g/mol. The van der Waals surface area contributed by atoms with Crippen molar-refractivity contribution in [2.75, 3.05) is 37.6 Å². The largest absolute Gasteiger partial charge is 0.480 e. The highest BCUT2D eigenvalue weighted by atomic mass is 19.1. The molecule has 1 aromatic rings. The summed E-state index contributed by atoms with van der Waals surface area (Å²) in [6.07, 6.45) is 0. The summed E-state index contributed by atoms with van der Waals surface area (Å²) in [4.78, 5) is 24.3. The van der Waals surface area contributed by atoms with Crippen LogP contribution in [-0.2, 0) is 4.79 Å². The Morgan fingerprint density at radius 1 is 1.35 bits per heavy atom. The van der Waals surface area contributed by atoms with Crippen LogP contribution < -0.4 is 4.90 Å². The molecule has 0 spiro atoms. The van der Waals surface area contributed by atoms with Gasteiger partial charge in [0, 0.05) is 26.2 Å². The summed E-state index contributed by atoms with van der Waals surface area (Å²) in [5.41, 5.74) is -0.288. The van der Waals surface area contributed by atoms with Crippen molar-refractivity contribution in [3.05, 3.63) is 34.1 Å². The number of benzene rings is 1. The Kier molecular flexibility index (Phi) is 4.14. The van der Waals surface area contributed by atoms with Crippen molar-refractivity contribution in [2.24, 2.45) is 0 Å². The molecule has 0 radical (unpaired) electrons. The molecule has 7 nitrogen and oxygen atoms in total. The van der Waals surface area contributed by atoms with Crippen molar-refractivity contribution in [1.82, 2.24) is 4.90 Å². The topological polar surface area (TPSA) is 86.9 Å². The minimum Gasteiger partial charge on any atom is -0.480 e. The Balaban J connectivity index is 2.13. The lowest BCUT2D eigenvalue weighted by atomic mass is 10.2. The van der Waals surface area contributed by atoms with Crippen molar-refractivity contribution in [3.63, 3.8) is 0 Å². The van der Waals surface area contributed by atoms with E-state index in [1.165, 1.54) is 12.1 Å². The Morgan fingerprint density at radius 2 is 2.00 bits per heavy atom. The molecule has 8 heteroatoms. The van der Waals surface area contributed by atoms with E-state index >= 15 is 0 Å². The lowest BCUT2D eigenvalue weighted by molar-refractivity contribution is -0.386. The van der Waals surface area contributed by atoms with E-state index in [0.717, 1.165) is 6.07 Å². The second kappa shape index (κ2) is 5.83. The second-order valence-electron chi connectivity index (χ2n) is 4.52. The van der Waals surface area contributed by atoms with Gasteiger partial charge in [0.05, 0.1) is 11.5 Å². The maximum atomic E-state index is 13.5. The highest BCUT2D eigenvalue weighted by molar-refractivity contribution is 5.69. The third kappa shape index (κ3) is 3.02. The predicted octanol–water partition coefficient (Wildman–Crippen LogP) is 0.940. The Morgan fingerprint density at radius 3 is 2.55 bits per heavy atom. The zero-order valence-electron chi connectivity index (χ0n) is 10.7. The first kappa shape index (κ1) is 14.2. The number of hydrogen-bond acceptors (Lipinski definition) is 5. The highest BCUT2D eigenvalue weighted by Crippen LogP contribution is 2.31. The molecule has 1 fully saturated rings. The minimum atomic E-state index is -0.907. The first-order valence-corrected chi connectivity index (χ1v) is 6.11. The number of nitrogens with zero attached hydrogens (tertiary/aromatic N) is 3. The van der Waals surface area contributed by atoms with Gasteiger partial charge in [-0.3, -0.25) is 19.8 Å². The number of halogens is 1. The number of anilines is 1. The Hall–Kier alpha value is -2.22. The maximum absolute atomic E-state index is 13.5. The number of piperazine rings is 1. The standard InChI is InChI=1S/C12H14FN3O4/c13-9-2-1-3-10(12(9)16(19)20)15-6-4-14(5-7-15)8-11(17)18/h1-3H,4-8H2,(H,17,18). The second-order valence-corrected chi connectivity index (χ2v) is 4.52. The van der Waals surface area contributed by atoms with Crippen LogP contribution in [0.3, 0.4) is 0 Å². The zero-order valence-corrected chi connectivity index (χ0v) is 10.7. The molecule has 0 amide bonds. The van der Waals surface area contributed by atoms with E-state index in [-0.39, 0.29) is 12.2 Å². The van der Waals surface area contributed by atoms with Crippen LogP contribution in [0.15, 0.2) is 18.2 Å². The van der Waals surface area contributed by atoms with Gasteiger partial charge in [0.2, 0.25) is 5.82 Å². The van der Waals surface area contributed by atoms with E-state index in [0.29, 0.717) is 26.2 Å². The van der Waals surface area contributed by atoms with Crippen LogP contribution >= 0.6 is 0 Å². The first-order chi connectivity index (χ1) is 9.49. The monoisotopic (exact) mass is 283 g/mol. The molecule has 1 aliphatic heterocycles. The fourth-order valence-electron chi connectivity index (χ4n) is 2.28. The molecule has 1 saturated heterocycles. The summed E-state index contributed by atoms with van der Waals surface area (Å²) >= 11 is 0. The van der Waals surface area contributed by atoms with Crippen molar-refractivity contribution in [1.29, 1.82) is 0 Å². The molecule has 1 aliphatic rings. The van der Waals surface area contributed by atoms with Gasteiger partial charge in [-0.1, -0.05) is 6.07 Å². The molecule has 1 aromatic carbocycles. The highest BCUT2D eigenvalue weighted by Gasteiger charge is 2.27. The number of rotatable bonds is 4. The van der Waals surface area contributed by atoms with Gasteiger partial charge in [-0.05, 0) is 12.1 Å². The van der Waals surface area contributed by atoms with Crippen molar-refractivity contribution in [2.45, 2.75) is 0 Å². The molecule has 0 aliphatic carbocycles. The lowest BCUT2D eigenvalue weighted by Gasteiger charge is -2.34. The number of carboxylic acid groups (broad SMARTS) is 1. The van der Waals surface area contributed by atoms with Crippen LogP contribution in [0.2, 0.25) is 0 Å². The summed E-state index contributed by atoms with van der Waals surface area (Å²) in [6, 6.07) is 4.00. The van der Waals surface area contributed by atoms with E-state index in [4.69, 9.17) is 5.11 Å². The molecule has 0 atom stereocenters. The van der Waals surface area contributed by atoms with Gasteiger partial charge in [-0.2, -0.15) is 4.39 Å². The van der Waals surface area contributed by atoms with Gasteiger partial charge in [0.15, 0.2) is 0 Å². The molecule has 20 heavy (non-hydrogen) atoms. The van der Waals surface area contributed by atoms with Gasteiger partial charge in [0.25, 0.3) is 0 Å². The molecular weight excluding hydrogens is 269 g/mol. The van der Waals surface area contributed by atoms with Gasteiger partial charge in [-0.25, -0.2) is 0 Å². The number of aliphatic carboxylic acids is 1. The van der Waals surface area contributed by atoms with Crippen LogP contribution in [0.5, 0.6) is 0 Å². The summed E-state index contributed by atoms with van der Waals surface area (Å²) in [7, 11) is 0. The predicted molar refractivity (Wildman–Crippen MR) is 69.3 cm³/mol. The summed E-state index contributed by atoms with van der Waals surface area (Å²) in [6.45, 7) is 1.74. The smallest absolute Gasteiger partial charge is 0.327 e. The average Bonchev–Trinajstić information content (AvgIpc) is 2.38. The minimum absolute atomic E-state index is 0.0565. The molecule has 1 N–H and O–H groups in total. The molecule has 0 unspecified atom stereocenters. The quantitative estimate of drug-likeness (QED) is 0.653. The van der Waals surface area contributed by atoms with Gasteiger partial charge in [-0.15, -0.1) is 0 Å². The maximum Gasteiger partial charge on any atom is 0.327 e. The van der Waals surface area contributed by atoms with E-state index < -0.39 is 22.4 Å². The van der Waals surface area contributed by atoms with E-state index in [9.17, 15) is 19.3 Å². The molecular formula is C12H14FN3O4. The summed E-state index contributed by atoms with van der Waals surface area (Å²) < 4.78 is 13.5. The van der Waals surface area contributed by atoms with E-state index in [2.05, 4.69) is 0 Å². The molecule has 0 saturated carbocycles. The van der Waals surface area contributed by atoms with Crippen molar-refractivity contribution in [3.8, 4) is 0 Å². The van der Waals surface area contributed by atoms with Crippen LogP contribution in [-0.4, -0.2) is 53.6 Å². The molecule has 1 heterocycles. The summed E-state index contributed by atoms with van der Waals surface area (Å²) in [5.74, 6) is -1.77. The molecule has 0 bridgehead atoms. The van der Waals surface area contributed by atoms with Crippen LogP contribution in [0, 0.1) is 15.9 Å². The van der Waals surface area contributed by atoms with Crippen molar-refractivity contribution < 1.29 is 19.2 Å². The van der Waals surface area contributed by atoms with Crippen molar-refractivity contribution >= 4 is 17.3 Å². The van der Waals surface area contributed by atoms with Gasteiger partial charge in [0.1, 0.15) is 5.69 Å². The fourth-order valence-corrected chi connectivity index (χ4v) is 2.28. The SMILES string of the molecule is O=C(O)CN1CCN(c2cccc(F)c2[N+](=O)[O-])CC1. The zero-order chi connectivity index (χ0) is 14.7. The number of hydrogen-bond donors (Lipinski definition) is 1. The molecule has 108 valence electrons. The molecule has 2 rings (SSSR count). The van der Waals surface area contributed by atoms with Crippen LogP contribution in [0.1, 0.15) is 0 Å².